The van der Waals surface area contributed by atoms with E-state index >= 15 is 0 Å². The topological polar surface area (TPSA) is 136 Å². The second-order valence-electron chi connectivity index (χ2n) is 12.8. The average Bonchev–Trinajstić information content (AvgIpc) is 3.71. The number of benzene rings is 2. The van der Waals surface area contributed by atoms with Crippen LogP contribution >= 0.6 is 23.4 Å². The Balaban J connectivity index is 0.000000306. The molecule has 15 heteroatoms. The van der Waals surface area contributed by atoms with E-state index in [9.17, 15) is 9.18 Å². The molecular weight excluding hydrogens is 717 g/mol. The van der Waals surface area contributed by atoms with Gasteiger partial charge in [-0.15, -0.1) is 11.8 Å². The first-order chi connectivity index (χ1) is 25.8. The normalized spacial score (nSPS) is 17.2. The Morgan fingerprint density at radius 1 is 1.15 bits per heavy atom. The van der Waals surface area contributed by atoms with Gasteiger partial charge in [-0.25, -0.2) is 24.3 Å². The molecule has 4 aromatic heterocycles. The van der Waals surface area contributed by atoms with E-state index in [1.165, 1.54) is 17.8 Å². The number of anilines is 1. The van der Waals surface area contributed by atoms with E-state index < -0.39 is 0 Å². The number of hydrogen-bond donors (Lipinski definition) is 2. The molecule has 8 rings (SSSR count). The van der Waals surface area contributed by atoms with Crippen LogP contribution in [0.25, 0.3) is 27.6 Å². The van der Waals surface area contributed by atoms with Crippen molar-refractivity contribution in [3.63, 3.8) is 0 Å². The molecule has 1 saturated heterocycles. The first-order valence-corrected chi connectivity index (χ1v) is 18.8. The van der Waals surface area contributed by atoms with Gasteiger partial charge >= 0.3 is 0 Å². The Morgan fingerprint density at radius 3 is 2.74 bits per heavy atom. The lowest BCUT2D eigenvalue weighted by Gasteiger charge is -2.41. The summed E-state index contributed by atoms with van der Waals surface area (Å²) in [6, 6.07) is 16.7. The van der Waals surface area contributed by atoms with Crippen LogP contribution in [0.15, 0.2) is 66.9 Å². The summed E-state index contributed by atoms with van der Waals surface area (Å²) in [6.07, 6.45) is 8.41. The number of rotatable bonds is 11. The summed E-state index contributed by atoms with van der Waals surface area (Å²) in [6.45, 7) is 5.97. The summed E-state index contributed by atoms with van der Waals surface area (Å²) in [5, 5.41) is 10.3. The van der Waals surface area contributed by atoms with E-state index in [2.05, 4.69) is 65.5 Å². The van der Waals surface area contributed by atoms with Crippen LogP contribution in [0.3, 0.4) is 0 Å². The molecule has 2 aliphatic rings. The quantitative estimate of drug-likeness (QED) is 0.131. The van der Waals surface area contributed by atoms with Crippen LogP contribution in [-0.2, 0) is 24.4 Å². The van der Waals surface area contributed by atoms with E-state index in [1.54, 1.807) is 30.0 Å². The van der Waals surface area contributed by atoms with E-state index in [0.717, 1.165) is 79.6 Å². The molecule has 1 unspecified atom stereocenters. The van der Waals surface area contributed by atoms with Crippen LogP contribution in [0.4, 0.5) is 10.1 Å². The Labute approximate surface area is 315 Å². The first-order valence-electron chi connectivity index (χ1n) is 17.2. The van der Waals surface area contributed by atoms with Gasteiger partial charge in [0.15, 0.2) is 12.1 Å². The molecular formula is C38H39ClFN9O3S. The summed E-state index contributed by atoms with van der Waals surface area (Å²) < 4.78 is 28.3. The van der Waals surface area contributed by atoms with Crippen LogP contribution in [0.5, 0.6) is 5.88 Å². The highest BCUT2D eigenvalue weighted by atomic mass is 35.5. The number of thioether (sulfide) groups is 1. The Bertz CT molecular complexity index is 2290. The zero-order chi connectivity index (χ0) is 37.0. The first kappa shape index (κ1) is 36.5. The molecule has 12 nitrogen and oxygen atoms in total. The van der Waals surface area contributed by atoms with Crippen molar-refractivity contribution in [2.75, 3.05) is 38.3 Å². The van der Waals surface area contributed by atoms with Crippen LogP contribution < -0.4 is 10.1 Å². The zero-order valence-corrected chi connectivity index (χ0v) is 31.2. The number of fused-ring (bicyclic) bond motifs is 2. The van der Waals surface area contributed by atoms with Gasteiger partial charge in [0, 0.05) is 48.9 Å². The summed E-state index contributed by atoms with van der Waals surface area (Å²) >= 11 is 7.64. The molecule has 0 aliphatic carbocycles. The third-order valence-corrected chi connectivity index (χ3v) is 10.9. The number of H-pyrrole nitrogens is 1. The van der Waals surface area contributed by atoms with E-state index in [0.29, 0.717) is 33.8 Å². The molecule has 0 amide bonds. The van der Waals surface area contributed by atoms with Gasteiger partial charge in [0.05, 0.1) is 48.3 Å². The van der Waals surface area contributed by atoms with Crippen molar-refractivity contribution in [1.29, 1.82) is 0 Å². The average molecular weight is 756 g/mol. The largest absolute Gasteiger partial charge is 0.473 e. The van der Waals surface area contributed by atoms with E-state index in [-0.39, 0.29) is 23.2 Å². The molecule has 1 atom stereocenters. The number of carbonyl (C=O) groups excluding carboxylic acids is 1. The monoisotopic (exact) mass is 755 g/mol. The van der Waals surface area contributed by atoms with Crippen LogP contribution in [0.2, 0.25) is 5.02 Å². The fourth-order valence-corrected chi connectivity index (χ4v) is 7.21. The fraction of sp³-hybridized carbons (Fsp3) is 0.316. The SMILES string of the molecule is CNc1ccc2c(c1)nc(CN1CC=C(c3cccc(OCc4ccc(Cl)cc4F)n3)CC1)n2CC1(SC)CCO1.Cc1[nH]nc2cnc(C=O)nc12. The molecule has 0 saturated carbocycles. The number of nitrogens with zero attached hydrogens (tertiary/aromatic N) is 7. The van der Waals surface area contributed by atoms with Gasteiger partial charge in [-0.1, -0.05) is 29.8 Å². The maximum Gasteiger partial charge on any atom is 0.214 e. The van der Waals surface area contributed by atoms with Gasteiger partial charge in [-0.3, -0.25) is 14.8 Å². The number of pyridine rings is 1. The lowest BCUT2D eigenvalue weighted by Crippen LogP contribution is -2.44. The molecule has 2 N–H and O–H groups in total. The number of ether oxygens (including phenoxy) is 2. The van der Waals surface area contributed by atoms with Crippen LogP contribution in [0, 0.1) is 12.7 Å². The number of aryl methyl sites for hydroxylation is 1. The maximum atomic E-state index is 14.1. The third kappa shape index (κ3) is 8.20. The highest BCUT2D eigenvalue weighted by molar-refractivity contribution is 7.99. The van der Waals surface area contributed by atoms with Crippen molar-refractivity contribution in [3.05, 3.63) is 106 Å². The lowest BCUT2D eigenvalue weighted by atomic mass is 10.0. The summed E-state index contributed by atoms with van der Waals surface area (Å²) in [5.41, 5.74) is 7.91. The van der Waals surface area contributed by atoms with Gasteiger partial charge < -0.3 is 19.4 Å². The predicted molar refractivity (Wildman–Crippen MR) is 206 cm³/mol. The molecule has 6 heterocycles. The molecule has 1 fully saturated rings. The molecule has 274 valence electrons. The number of nitrogens with one attached hydrogen (secondary N) is 2. The Hall–Kier alpha value is -4.89. The van der Waals surface area contributed by atoms with Crippen LogP contribution in [0.1, 0.15) is 46.2 Å². The van der Waals surface area contributed by atoms with Crippen molar-refractivity contribution in [3.8, 4) is 5.88 Å². The number of hydrogen-bond acceptors (Lipinski definition) is 11. The van der Waals surface area contributed by atoms with Crippen molar-refractivity contribution in [2.24, 2.45) is 0 Å². The predicted octanol–water partition coefficient (Wildman–Crippen LogP) is 7.09. The lowest BCUT2D eigenvalue weighted by molar-refractivity contribution is -0.0873. The van der Waals surface area contributed by atoms with Crippen LogP contribution in [-0.4, -0.2) is 83.8 Å². The minimum Gasteiger partial charge on any atom is -0.473 e. The number of aldehydes is 1. The third-order valence-electron chi connectivity index (χ3n) is 9.43. The minimum atomic E-state index is -0.386. The second-order valence-corrected chi connectivity index (χ2v) is 14.4. The maximum absolute atomic E-state index is 14.1. The number of carbonyl (C=O) groups is 1. The number of aromatic nitrogens is 7. The second kappa shape index (κ2) is 16.0. The Morgan fingerprint density at radius 2 is 2.02 bits per heavy atom. The van der Waals surface area contributed by atoms with Crippen molar-refractivity contribution >= 4 is 63.0 Å². The fourth-order valence-electron chi connectivity index (χ4n) is 6.31. The highest BCUT2D eigenvalue weighted by Gasteiger charge is 2.39. The highest BCUT2D eigenvalue weighted by Crippen LogP contribution is 2.39. The summed E-state index contributed by atoms with van der Waals surface area (Å²) in [7, 11) is 1.93. The minimum absolute atomic E-state index is 0.0892. The standard InChI is InChI=1S/C31H33ClFN5O2S.C7H6N4O/c1-34-24-8-9-28-27(17-24)35-29(38(28)20-31(41-2)12-15-40-31)18-37-13-10-21(11-14-37)26-4-3-5-30(36-26)39-19-22-6-7-23(32)16-25(22)33;1-4-7-5(11-10-4)2-8-6(3-12)9-7/h3-10,16-17,34H,11-15,18-20H2,1-2H3;2-3H,1H3,(H,10,11). The molecule has 2 aliphatic heterocycles. The number of aromatic amines is 1. The zero-order valence-electron chi connectivity index (χ0n) is 29.6. The van der Waals surface area contributed by atoms with Gasteiger partial charge in [0.2, 0.25) is 5.88 Å². The number of halogens is 2. The summed E-state index contributed by atoms with van der Waals surface area (Å²) in [5.74, 6) is 1.32. The molecule has 0 radical (unpaired) electrons. The smallest absolute Gasteiger partial charge is 0.214 e. The van der Waals surface area contributed by atoms with E-state index in [1.807, 2.05) is 26.1 Å². The van der Waals surface area contributed by atoms with Crippen molar-refractivity contribution < 1.29 is 18.7 Å². The van der Waals surface area contributed by atoms with Crippen molar-refractivity contribution in [1.82, 2.24) is 39.6 Å². The van der Waals surface area contributed by atoms with E-state index in [4.69, 9.17) is 31.0 Å². The molecule has 0 bridgehead atoms. The molecule has 0 spiro atoms. The van der Waals surface area contributed by atoms with Gasteiger partial charge in [-0.2, -0.15) is 5.10 Å². The molecule has 2 aromatic carbocycles. The van der Waals surface area contributed by atoms with Gasteiger partial charge in [-0.05, 0) is 61.6 Å². The van der Waals surface area contributed by atoms with Gasteiger partial charge in [0.25, 0.3) is 0 Å². The molecule has 53 heavy (non-hydrogen) atoms. The Kier molecular flexibility index (Phi) is 11.0. The number of imidazole rings is 1. The molecule has 6 aromatic rings. The van der Waals surface area contributed by atoms with Crippen molar-refractivity contribution in [2.45, 2.75) is 44.4 Å². The van der Waals surface area contributed by atoms with Gasteiger partial charge in [0.1, 0.15) is 34.2 Å². The summed E-state index contributed by atoms with van der Waals surface area (Å²) in [4.78, 5) is 30.1.